The first-order valence-electron chi connectivity index (χ1n) is 6.98. The van der Waals surface area contributed by atoms with E-state index >= 15 is 0 Å². The molecule has 3 nitrogen and oxygen atoms in total. The maximum absolute atomic E-state index is 9.64. The highest BCUT2D eigenvalue weighted by atomic mass is 32.1. The zero-order valence-electron chi connectivity index (χ0n) is 11.4. The molecule has 1 aromatic rings. The van der Waals surface area contributed by atoms with Gasteiger partial charge in [0.15, 0.2) is 0 Å². The molecular formula is C14H24N2OS. The SMILES string of the molecule is Cc1nc(CN2CCCCCC2CC(C)O)cs1. The predicted molar refractivity (Wildman–Crippen MR) is 75.8 cm³/mol. The van der Waals surface area contributed by atoms with Crippen LogP contribution >= 0.6 is 11.3 Å². The van der Waals surface area contributed by atoms with Crippen LogP contribution < -0.4 is 0 Å². The van der Waals surface area contributed by atoms with Crippen LogP contribution in [-0.2, 0) is 6.54 Å². The molecule has 2 atom stereocenters. The average Bonchev–Trinajstić information content (AvgIpc) is 2.58. The van der Waals surface area contributed by atoms with E-state index in [4.69, 9.17) is 0 Å². The Labute approximate surface area is 114 Å². The first kappa shape index (κ1) is 14.0. The first-order valence-corrected chi connectivity index (χ1v) is 7.86. The van der Waals surface area contributed by atoms with Crippen LogP contribution in [0.5, 0.6) is 0 Å². The lowest BCUT2D eigenvalue weighted by Gasteiger charge is -2.30. The van der Waals surface area contributed by atoms with Gasteiger partial charge >= 0.3 is 0 Å². The van der Waals surface area contributed by atoms with Crippen LogP contribution in [0.1, 0.15) is 49.7 Å². The maximum atomic E-state index is 9.64. The Kier molecular flexibility index (Phi) is 5.15. The van der Waals surface area contributed by atoms with Gasteiger partial charge in [0.1, 0.15) is 0 Å². The van der Waals surface area contributed by atoms with E-state index < -0.39 is 0 Å². The third kappa shape index (κ3) is 4.04. The summed E-state index contributed by atoms with van der Waals surface area (Å²) >= 11 is 1.73. The van der Waals surface area contributed by atoms with E-state index in [1.165, 1.54) is 31.4 Å². The summed E-state index contributed by atoms with van der Waals surface area (Å²) in [5.74, 6) is 0. The van der Waals surface area contributed by atoms with E-state index in [1.54, 1.807) is 11.3 Å². The summed E-state index contributed by atoms with van der Waals surface area (Å²) in [4.78, 5) is 7.09. The van der Waals surface area contributed by atoms with Gasteiger partial charge in [-0.1, -0.05) is 12.8 Å². The van der Waals surface area contributed by atoms with E-state index in [1.807, 2.05) is 6.92 Å². The largest absolute Gasteiger partial charge is 0.393 e. The highest BCUT2D eigenvalue weighted by Gasteiger charge is 2.22. The van der Waals surface area contributed by atoms with Crippen molar-refractivity contribution in [2.75, 3.05) is 6.54 Å². The quantitative estimate of drug-likeness (QED) is 0.912. The van der Waals surface area contributed by atoms with Crippen molar-refractivity contribution in [3.8, 4) is 0 Å². The van der Waals surface area contributed by atoms with Crippen molar-refractivity contribution in [2.45, 2.75) is 64.6 Å². The molecule has 1 aromatic heterocycles. The van der Waals surface area contributed by atoms with Crippen molar-refractivity contribution >= 4 is 11.3 Å². The van der Waals surface area contributed by atoms with Crippen molar-refractivity contribution < 1.29 is 5.11 Å². The second-order valence-electron chi connectivity index (χ2n) is 5.42. The van der Waals surface area contributed by atoms with Gasteiger partial charge in [0, 0.05) is 18.0 Å². The second-order valence-corrected chi connectivity index (χ2v) is 6.48. The Balaban J connectivity index is 2.00. The predicted octanol–water partition coefficient (Wildman–Crippen LogP) is 2.97. The molecule has 1 saturated heterocycles. The number of nitrogens with zero attached hydrogens (tertiary/aromatic N) is 2. The number of thiazole rings is 1. The molecule has 0 spiro atoms. The van der Waals surface area contributed by atoms with Crippen LogP contribution in [-0.4, -0.2) is 33.7 Å². The number of hydrogen-bond donors (Lipinski definition) is 1. The number of aromatic nitrogens is 1. The molecule has 4 heteroatoms. The summed E-state index contributed by atoms with van der Waals surface area (Å²) in [5.41, 5.74) is 1.19. The first-order chi connectivity index (χ1) is 8.65. The fraction of sp³-hybridized carbons (Fsp3) is 0.786. The Morgan fingerprint density at radius 1 is 1.50 bits per heavy atom. The van der Waals surface area contributed by atoms with Crippen molar-refractivity contribution in [1.29, 1.82) is 0 Å². The van der Waals surface area contributed by atoms with Crippen LogP contribution in [0.15, 0.2) is 5.38 Å². The number of aliphatic hydroxyl groups excluding tert-OH is 1. The molecule has 0 aliphatic carbocycles. The van der Waals surface area contributed by atoms with E-state index in [-0.39, 0.29) is 6.10 Å². The standard InChI is InChI=1S/C14H24N2OS/c1-11(17)8-14-6-4-3-5-7-16(14)9-13-10-18-12(2)15-13/h10-11,14,17H,3-9H2,1-2H3. The highest BCUT2D eigenvalue weighted by molar-refractivity contribution is 7.09. The Bertz CT molecular complexity index is 364. The Morgan fingerprint density at radius 3 is 3.00 bits per heavy atom. The average molecular weight is 268 g/mol. The van der Waals surface area contributed by atoms with Crippen LogP contribution in [0.2, 0.25) is 0 Å². The topological polar surface area (TPSA) is 36.4 Å². The number of rotatable bonds is 4. The molecule has 1 aliphatic rings. The molecule has 1 aliphatic heterocycles. The molecule has 2 rings (SSSR count). The van der Waals surface area contributed by atoms with Gasteiger partial charge in [-0.2, -0.15) is 0 Å². The van der Waals surface area contributed by atoms with Gasteiger partial charge in [0.2, 0.25) is 0 Å². The zero-order valence-corrected chi connectivity index (χ0v) is 12.2. The minimum absolute atomic E-state index is 0.201. The van der Waals surface area contributed by atoms with Crippen molar-refractivity contribution in [3.05, 3.63) is 16.1 Å². The van der Waals surface area contributed by atoms with E-state index in [9.17, 15) is 5.11 Å². The molecule has 102 valence electrons. The fourth-order valence-corrected chi connectivity index (χ4v) is 3.40. The molecule has 1 N–H and O–H groups in total. The minimum Gasteiger partial charge on any atom is -0.393 e. The number of aryl methyl sites for hydroxylation is 1. The summed E-state index contributed by atoms with van der Waals surface area (Å²) < 4.78 is 0. The van der Waals surface area contributed by atoms with Crippen LogP contribution in [0, 0.1) is 6.92 Å². The lowest BCUT2D eigenvalue weighted by molar-refractivity contribution is 0.107. The van der Waals surface area contributed by atoms with Gasteiger partial charge in [0.25, 0.3) is 0 Å². The molecule has 0 aromatic carbocycles. The monoisotopic (exact) mass is 268 g/mol. The smallest absolute Gasteiger partial charge is 0.0897 e. The summed E-state index contributed by atoms with van der Waals surface area (Å²) in [6, 6.07) is 0.523. The van der Waals surface area contributed by atoms with Gasteiger partial charge in [-0.3, -0.25) is 4.90 Å². The Morgan fingerprint density at radius 2 is 2.33 bits per heavy atom. The fourth-order valence-electron chi connectivity index (χ4n) is 2.79. The molecule has 0 amide bonds. The lowest BCUT2D eigenvalue weighted by atomic mass is 10.0. The van der Waals surface area contributed by atoms with E-state index in [0.717, 1.165) is 24.5 Å². The second kappa shape index (κ2) is 6.64. The minimum atomic E-state index is -0.201. The molecule has 18 heavy (non-hydrogen) atoms. The molecular weight excluding hydrogens is 244 g/mol. The third-order valence-electron chi connectivity index (χ3n) is 3.64. The van der Waals surface area contributed by atoms with Gasteiger partial charge in [-0.25, -0.2) is 4.98 Å². The normalized spacial score (nSPS) is 23.8. The molecule has 2 unspecified atom stereocenters. The number of likely N-dealkylation sites (tertiary alicyclic amines) is 1. The van der Waals surface area contributed by atoms with Crippen LogP contribution in [0.25, 0.3) is 0 Å². The lowest BCUT2D eigenvalue weighted by Crippen LogP contribution is -2.36. The van der Waals surface area contributed by atoms with Crippen molar-refractivity contribution in [2.24, 2.45) is 0 Å². The summed E-state index contributed by atoms with van der Waals surface area (Å²) in [5, 5.41) is 13.0. The van der Waals surface area contributed by atoms with Gasteiger partial charge in [-0.15, -0.1) is 11.3 Å². The van der Waals surface area contributed by atoms with Gasteiger partial charge < -0.3 is 5.11 Å². The molecule has 2 heterocycles. The van der Waals surface area contributed by atoms with Crippen LogP contribution in [0.4, 0.5) is 0 Å². The molecule has 0 saturated carbocycles. The number of hydrogen-bond acceptors (Lipinski definition) is 4. The molecule has 0 bridgehead atoms. The highest BCUT2D eigenvalue weighted by Crippen LogP contribution is 2.23. The third-order valence-corrected chi connectivity index (χ3v) is 4.47. The Hall–Kier alpha value is -0.450. The van der Waals surface area contributed by atoms with Gasteiger partial charge in [-0.05, 0) is 39.7 Å². The molecule has 1 fully saturated rings. The van der Waals surface area contributed by atoms with E-state index in [0.29, 0.717) is 6.04 Å². The van der Waals surface area contributed by atoms with Crippen LogP contribution in [0.3, 0.4) is 0 Å². The number of aliphatic hydroxyl groups is 1. The summed E-state index contributed by atoms with van der Waals surface area (Å²) in [7, 11) is 0. The van der Waals surface area contributed by atoms with E-state index in [2.05, 4.69) is 22.2 Å². The zero-order chi connectivity index (χ0) is 13.0. The van der Waals surface area contributed by atoms with Gasteiger partial charge in [0.05, 0.1) is 16.8 Å². The maximum Gasteiger partial charge on any atom is 0.0897 e. The molecule has 0 radical (unpaired) electrons. The van der Waals surface area contributed by atoms with Crippen molar-refractivity contribution in [3.63, 3.8) is 0 Å². The summed E-state index contributed by atoms with van der Waals surface area (Å²) in [6.07, 6.45) is 5.80. The van der Waals surface area contributed by atoms with Crippen molar-refractivity contribution in [1.82, 2.24) is 9.88 Å². The summed E-state index contributed by atoms with van der Waals surface area (Å²) in [6.45, 7) is 6.05.